The number of aryl methyl sites for hydroxylation is 1. The van der Waals surface area contributed by atoms with Gasteiger partial charge in [-0.1, -0.05) is 17.7 Å². The third-order valence-corrected chi connectivity index (χ3v) is 4.55. The predicted molar refractivity (Wildman–Crippen MR) is 101 cm³/mol. The molecule has 1 aromatic heterocycles. The number of carboxylic acid groups (broad SMARTS) is 1. The van der Waals surface area contributed by atoms with Crippen molar-refractivity contribution in [2.24, 2.45) is 0 Å². The molecule has 0 bridgehead atoms. The fourth-order valence-electron chi connectivity index (χ4n) is 2.96. The minimum absolute atomic E-state index is 0.0985. The molecule has 10 nitrogen and oxygen atoms in total. The van der Waals surface area contributed by atoms with Crippen molar-refractivity contribution in [3.8, 4) is 5.75 Å². The Morgan fingerprint density at radius 3 is 2.41 bits per heavy atom. The summed E-state index contributed by atoms with van der Waals surface area (Å²) in [6.07, 6.45) is 0.872. The van der Waals surface area contributed by atoms with Crippen LogP contribution in [0.15, 0.2) is 35.3 Å². The molecule has 1 aliphatic heterocycles. The van der Waals surface area contributed by atoms with Gasteiger partial charge in [-0.3, -0.25) is 14.4 Å². The number of hydrogen-bond acceptors (Lipinski definition) is 6. The number of carbonyl (C=O) groups is 3. The molecule has 10 heteroatoms. The molecule has 2 N–H and O–H groups in total. The Morgan fingerprint density at radius 1 is 1.17 bits per heavy atom. The Labute approximate surface area is 165 Å². The van der Waals surface area contributed by atoms with E-state index >= 15 is 0 Å². The van der Waals surface area contributed by atoms with Gasteiger partial charge in [-0.25, -0.2) is 14.5 Å². The van der Waals surface area contributed by atoms with E-state index in [-0.39, 0.29) is 25.4 Å². The number of methoxy groups -OCH3 is 1. The van der Waals surface area contributed by atoms with E-state index in [1.165, 1.54) is 12.0 Å². The highest BCUT2D eigenvalue weighted by atomic mass is 16.5. The summed E-state index contributed by atoms with van der Waals surface area (Å²) in [5.74, 6) is -3.88. The fraction of sp³-hybridized carbons (Fsp3) is 0.263. The summed E-state index contributed by atoms with van der Waals surface area (Å²) in [6.45, 7) is 1.90. The predicted octanol–water partition coefficient (Wildman–Crippen LogP) is 0.399. The molecule has 0 saturated heterocycles. The van der Waals surface area contributed by atoms with Gasteiger partial charge in [-0.2, -0.15) is 0 Å². The molecule has 0 radical (unpaired) electrons. The van der Waals surface area contributed by atoms with Crippen LogP contribution < -0.4 is 10.4 Å². The summed E-state index contributed by atoms with van der Waals surface area (Å²) in [5.41, 5.74) is -1.22. The van der Waals surface area contributed by atoms with Crippen molar-refractivity contribution in [1.82, 2.24) is 9.58 Å². The van der Waals surface area contributed by atoms with E-state index in [9.17, 15) is 29.4 Å². The van der Waals surface area contributed by atoms with Crippen LogP contribution in [0.4, 0.5) is 0 Å². The molecule has 3 rings (SSSR count). The molecule has 2 aromatic rings. The van der Waals surface area contributed by atoms with Crippen molar-refractivity contribution in [1.29, 1.82) is 0 Å². The summed E-state index contributed by atoms with van der Waals surface area (Å²) in [7, 11) is 1.44. The number of amides is 2. The first-order valence-corrected chi connectivity index (χ1v) is 8.65. The summed E-state index contributed by atoms with van der Waals surface area (Å²) in [4.78, 5) is 50.7. The highest BCUT2D eigenvalue weighted by Crippen LogP contribution is 2.22. The average Bonchev–Trinajstić information content (AvgIpc) is 2.69. The Kier molecular flexibility index (Phi) is 5.37. The summed E-state index contributed by atoms with van der Waals surface area (Å²) < 4.78 is 5.90. The topological polar surface area (TPSA) is 129 Å². The first-order valence-electron chi connectivity index (χ1n) is 8.65. The number of carboxylic acids is 1. The second-order valence-corrected chi connectivity index (χ2v) is 6.49. The number of nitrogens with zero attached hydrogens (tertiary/aromatic N) is 3. The third kappa shape index (κ3) is 3.57. The first-order chi connectivity index (χ1) is 13.8. The maximum absolute atomic E-state index is 13.1. The lowest BCUT2D eigenvalue weighted by atomic mass is 10.1. The van der Waals surface area contributed by atoms with E-state index < -0.39 is 40.2 Å². The third-order valence-electron chi connectivity index (χ3n) is 4.55. The molecule has 0 saturated carbocycles. The number of fused-ring (bicyclic) bond motifs is 1. The number of aromatic hydroxyl groups is 1. The lowest BCUT2D eigenvalue weighted by Crippen LogP contribution is -2.57. The molecule has 0 fully saturated rings. The molecule has 1 aliphatic rings. The molecule has 0 unspecified atom stereocenters. The van der Waals surface area contributed by atoms with E-state index in [1.807, 2.05) is 6.92 Å². The molecule has 29 heavy (non-hydrogen) atoms. The number of hydrogen-bond donors (Lipinski definition) is 2. The quantitative estimate of drug-likeness (QED) is 0.742. The number of ether oxygens (including phenoxy) is 1. The van der Waals surface area contributed by atoms with Gasteiger partial charge in [0.2, 0.25) is 5.43 Å². The SMILES string of the molecule is COCCN1CN(C(=O)c2ccc(C)cc2)n2cc(C(=O)O)c(=O)c(O)c2C1=O. The number of aromatic carboxylic acids is 1. The zero-order valence-electron chi connectivity index (χ0n) is 15.8. The molecule has 0 aliphatic carbocycles. The van der Waals surface area contributed by atoms with E-state index in [0.717, 1.165) is 21.4 Å². The normalized spacial score (nSPS) is 13.4. The fourth-order valence-corrected chi connectivity index (χ4v) is 2.96. The van der Waals surface area contributed by atoms with Crippen molar-refractivity contribution >= 4 is 17.8 Å². The maximum atomic E-state index is 13.1. The number of benzene rings is 1. The van der Waals surface area contributed by atoms with Crippen molar-refractivity contribution in [2.75, 3.05) is 31.9 Å². The molecule has 152 valence electrons. The number of carbonyl (C=O) groups excluding carboxylic acids is 2. The minimum atomic E-state index is -1.59. The first kappa shape index (κ1) is 20.1. The Hall–Kier alpha value is -3.66. The smallest absolute Gasteiger partial charge is 0.341 e. The second kappa shape index (κ2) is 7.76. The van der Waals surface area contributed by atoms with Crippen LogP contribution in [0.25, 0.3) is 0 Å². The van der Waals surface area contributed by atoms with Crippen molar-refractivity contribution in [2.45, 2.75) is 6.92 Å². The van der Waals surface area contributed by atoms with Crippen LogP contribution >= 0.6 is 0 Å². The van der Waals surface area contributed by atoms with Crippen LogP contribution in [0.1, 0.15) is 36.8 Å². The van der Waals surface area contributed by atoms with Gasteiger partial charge in [0.1, 0.15) is 12.2 Å². The van der Waals surface area contributed by atoms with Crippen molar-refractivity contribution < 1.29 is 29.3 Å². The minimum Gasteiger partial charge on any atom is -0.502 e. The Morgan fingerprint density at radius 2 is 1.83 bits per heavy atom. The van der Waals surface area contributed by atoms with E-state index in [1.54, 1.807) is 24.3 Å². The second-order valence-electron chi connectivity index (χ2n) is 6.49. The van der Waals surface area contributed by atoms with Crippen LogP contribution in [0.3, 0.4) is 0 Å². The van der Waals surface area contributed by atoms with E-state index in [2.05, 4.69) is 0 Å². The lowest BCUT2D eigenvalue weighted by Gasteiger charge is -2.38. The molecule has 2 heterocycles. The largest absolute Gasteiger partial charge is 0.502 e. The molecule has 2 amide bonds. The van der Waals surface area contributed by atoms with Crippen LogP contribution in [0, 0.1) is 6.92 Å². The molecule has 0 spiro atoms. The van der Waals surface area contributed by atoms with E-state index in [4.69, 9.17) is 4.74 Å². The summed E-state index contributed by atoms with van der Waals surface area (Å²) >= 11 is 0. The molecule has 1 aromatic carbocycles. The number of rotatable bonds is 5. The van der Waals surface area contributed by atoms with Gasteiger partial charge in [-0.15, -0.1) is 0 Å². The number of pyridine rings is 1. The monoisotopic (exact) mass is 401 g/mol. The Bertz CT molecular complexity index is 1040. The van der Waals surface area contributed by atoms with Crippen molar-refractivity contribution in [3.05, 3.63) is 63.1 Å². The lowest BCUT2D eigenvalue weighted by molar-refractivity contribution is 0.0597. The van der Waals surface area contributed by atoms with Crippen LogP contribution in [0.2, 0.25) is 0 Å². The van der Waals surface area contributed by atoms with Gasteiger partial charge in [0.05, 0.1) is 6.61 Å². The highest BCUT2D eigenvalue weighted by molar-refractivity contribution is 6.05. The van der Waals surface area contributed by atoms with Crippen molar-refractivity contribution in [3.63, 3.8) is 0 Å². The summed E-state index contributed by atoms with van der Waals surface area (Å²) in [6, 6.07) is 6.65. The van der Waals surface area contributed by atoms with Gasteiger partial charge in [-0.05, 0) is 19.1 Å². The number of aromatic nitrogens is 1. The van der Waals surface area contributed by atoms with Crippen LogP contribution in [-0.2, 0) is 4.74 Å². The Balaban J connectivity index is 2.18. The average molecular weight is 401 g/mol. The van der Waals surface area contributed by atoms with Gasteiger partial charge in [0.25, 0.3) is 11.8 Å². The van der Waals surface area contributed by atoms with Crippen LogP contribution in [-0.4, -0.2) is 64.5 Å². The molecule has 0 atom stereocenters. The zero-order chi connectivity index (χ0) is 21.3. The molecular formula is C19H19N3O7. The maximum Gasteiger partial charge on any atom is 0.341 e. The van der Waals surface area contributed by atoms with Crippen LogP contribution in [0.5, 0.6) is 5.75 Å². The van der Waals surface area contributed by atoms with Gasteiger partial charge in [0.15, 0.2) is 11.4 Å². The summed E-state index contributed by atoms with van der Waals surface area (Å²) in [5, 5.41) is 20.6. The van der Waals surface area contributed by atoms with Gasteiger partial charge in [0, 0.05) is 25.4 Å². The molecular weight excluding hydrogens is 382 g/mol. The standard InChI is InChI=1S/C19H19N3O7/c1-11-3-5-12(6-4-11)17(25)22-10-20(7-8-29-2)18(26)14-16(24)15(23)13(19(27)28)9-21(14)22/h3-6,9,24H,7-8,10H2,1-2H3,(H,27,28). The van der Waals surface area contributed by atoms with Gasteiger partial charge >= 0.3 is 5.97 Å². The van der Waals surface area contributed by atoms with E-state index in [0.29, 0.717) is 0 Å². The zero-order valence-corrected chi connectivity index (χ0v) is 15.8. The van der Waals surface area contributed by atoms with Gasteiger partial charge < -0.3 is 19.8 Å². The highest BCUT2D eigenvalue weighted by Gasteiger charge is 2.36.